The van der Waals surface area contributed by atoms with Crippen molar-refractivity contribution >= 4 is 5.97 Å². The van der Waals surface area contributed by atoms with Gasteiger partial charge in [0.1, 0.15) is 0 Å². The first-order chi connectivity index (χ1) is 7.06. The molecular weight excluding hydrogens is 196 g/mol. The lowest BCUT2D eigenvalue weighted by Crippen LogP contribution is -2.21. The summed E-state index contributed by atoms with van der Waals surface area (Å²) in [6.07, 6.45) is 4.98. The Balaban J connectivity index is 2.56. The van der Waals surface area contributed by atoms with E-state index in [-0.39, 0.29) is 5.97 Å². The molecule has 1 saturated heterocycles. The van der Waals surface area contributed by atoms with Crippen LogP contribution in [0.4, 0.5) is 0 Å². The van der Waals surface area contributed by atoms with E-state index < -0.39 is 5.79 Å². The van der Waals surface area contributed by atoms with Crippen molar-refractivity contribution in [3.8, 4) is 0 Å². The normalized spacial score (nSPS) is 20.9. The molecule has 0 amide bonds. The van der Waals surface area contributed by atoms with E-state index in [9.17, 15) is 4.79 Å². The Labute approximate surface area is 89.5 Å². The molecule has 1 heterocycles. The topological polar surface area (TPSA) is 44.8 Å². The molecule has 0 aromatic carbocycles. The molecule has 4 nitrogen and oxygen atoms in total. The summed E-state index contributed by atoms with van der Waals surface area (Å²) < 4.78 is 15.2. The van der Waals surface area contributed by atoms with Crippen LogP contribution in [0.2, 0.25) is 0 Å². The molecule has 15 heavy (non-hydrogen) atoms. The van der Waals surface area contributed by atoms with Crippen LogP contribution in [0.5, 0.6) is 0 Å². The smallest absolute Gasteiger partial charge is 0.330 e. The summed E-state index contributed by atoms with van der Waals surface area (Å²) >= 11 is 0. The van der Waals surface area contributed by atoms with E-state index in [1.165, 1.54) is 13.2 Å². The summed E-state index contributed by atoms with van der Waals surface area (Å²) in [6.45, 7) is 4.84. The third kappa shape index (κ3) is 3.85. The lowest BCUT2D eigenvalue weighted by Gasteiger charge is -2.16. The van der Waals surface area contributed by atoms with Gasteiger partial charge in [-0.2, -0.15) is 0 Å². The second-order valence-corrected chi connectivity index (χ2v) is 3.46. The minimum atomic E-state index is -0.661. The average molecular weight is 212 g/mol. The summed E-state index contributed by atoms with van der Waals surface area (Å²) in [5.74, 6) is -1.03. The van der Waals surface area contributed by atoms with Gasteiger partial charge in [0.25, 0.3) is 0 Å². The van der Waals surface area contributed by atoms with E-state index in [1.807, 2.05) is 13.8 Å². The predicted octanol–water partition coefficient (Wildman–Crippen LogP) is 1.42. The van der Waals surface area contributed by atoms with E-state index in [2.05, 4.69) is 4.74 Å². The van der Waals surface area contributed by atoms with Crippen molar-refractivity contribution in [1.82, 2.24) is 0 Å². The second kappa shape index (κ2) is 5.09. The number of allylic oxidation sites excluding steroid dienone is 2. The van der Waals surface area contributed by atoms with E-state index in [4.69, 9.17) is 9.47 Å². The van der Waals surface area contributed by atoms with Crippen molar-refractivity contribution in [2.45, 2.75) is 19.6 Å². The number of rotatable bonds is 3. The van der Waals surface area contributed by atoms with Gasteiger partial charge < -0.3 is 14.2 Å². The van der Waals surface area contributed by atoms with Crippen LogP contribution in [0.25, 0.3) is 0 Å². The summed E-state index contributed by atoms with van der Waals surface area (Å²) in [6, 6.07) is 0. The molecule has 0 aliphatic carbocycles. The first-order valence-electron chi connectivity index (χ1n) is 4.79. The Morgan fingerprint density at radius 1 is 1.40 bits per heavy atom. The summed E-state index contributed by atoms with van der Waals surface area (Å²) in [5, 5.41) is 0. The molecule has 0 N–H and O–H groups in total. The second-order valence-electron chi connectivity index (χ2n) is 3.46. The van der Waals surface area contributed by atoms with Gasteiger partial charge in [-0.3, -0.25) is 0 Å². The number of carbonyl (C=O) groups excluding carboxylic acids is 1. The third-order valence-electron chi connectivity index (χ3n) is 2.06. The molecule has 0 radical (unpaired) electrons. The minimum Gasteiger partial charge on any atom is -0.466 e. The monoisotopic (exact) mass is 212 g/mol. The predicted molar refractivity (Wildman–Crippen MR) is 55.2 cm³/mol. The number of ether oxygens (including phenoxy) is 3. The largest absolute Gasteiger partial charge is 0.466 e. The van der Waals surface area contributed by atoms with Gasteiger partial charge in [-0.1, -0.05) is 6.08 Å². The highest BCUT2D eigenvalue weighted by molar-refractivity contribution is 5.83. The Bertz CT molecular complexity index is 285. The molecule has 1 rings (SSSR count). The van der Waals surface area contributed by atoms with Gasteiger partial charge in [0.15, 0.2) is 5.79 Å². The highest BCUT2D eigenvalue weighted by Crippen LogP contribution is 2.20. The van der Waals surface area contributed by atoms with Crippen LogP contribution in [0, 0.1) is 0 Å². The number of carbonyl (C=O) groups is 1. The molecule has 1 aliphatic heterocycles. The maximum atomic E-state index is 10.9. The average Bonchev–Trinajstić information content (AvgIpc) is 2.63. The summed E-state index contributed by atoms with van der Waals surface area (Å²) in [4.78, 5) is 10.9. The first kappa shape index (κ1) is 11.9. The fourth-order valence-corrected chi connectivity index (χ4v) is 1.20. The zero-order valence-corrected chi connectivity index (χ0v) is 9.28. The first-order valence-corrected chi connectivity index (χ1v) is 4.79. The molecule has 84 valence electrons. The van der Waals surface area contributed by atoms with Crippen molar-refractivity contribution in [2.24, 2.45) is 0 Å². The molecule has 1 fully saturated rings. The van der Waals surface area contributed by atoms with E-state index in [1.54, 1.807) is 12.2 Å². The standard InChI is InChI=1S/C11H16O4/c1-9(8-10(12)13-3)4-5-11(2)14-6-7-15-11/h4-5,8H,6-7H2,1-3H3/b5-4+,9-8+. The van der Waals surface area contributed by atoms with Crippen LogP contribution in [0.3, 0.4) is 0 Å². The quantitative estimate of drug-likeness (QED) is 0.403. The molecule has 0 saturated carbocycles. The fraction of sp³-hybridized carbons (Fsp3) is 0.545. The number of hydrogen-bond donors (Lipinski definition) is 0. The van der Waals surface area contributed by atoms with E-state index in [0.29, 0.717) is 13.2 Å². The maximum absolute atomic E-state index is 10.9. The molecule has 0 unspecified atom stereocenters. The number of esters is 1. The van der Waals surface area contributed by atoms with Crippen LogP contribution in [0.15, 0.2) is 23.8 Å². The molecule has 0 aromatic heterocycles. The zero-order valence-electron chi connectivity index (χ0n) is 9.28. The van der Waals surface area contributed by atoms with Gasteiger partial charge in [0.2, 0.25) is 0 Å². The van der Waals surface area contributed by atoms with E-state index in [0.717, 1.165) is 5.57 Å². The molecule has 0 bridgehead atoms. The minimum absolute atomic E-state index is 0.365. The summed E-state index contributed by atoms with van der Waals surface area (Å²) in [5.41, 5.74) is 0.794. The van der Waals surface area contributed by atoms with Crippen LogP contribution in [0.1, 0.15) is 13.8 Å². The molecular formula is C11H16O4. The van der Waals surface area contributed by atoms with Crippen molar-refractivity contribution in [3.63, 3.8) is 0 Å². The van der Waals surface area contributed by atoms with Crippen LogP contribution >= 0.6 is 0 Å². The van der Waals surface area contributed by atoms with Gasteiger partial charge >= 0.3 is 5.97 Å². The zero-order chi connectivity index (χ0) is 11.3. The van der Waals surface area contributed by atoms with Gasteiger partial charge in [-0.25, -0.2) is 4.79 Å². The Hall–Kier alpha value is -1.13. The van der Waals surface area contributed by atoms with Gasteiger partial charge in [0.05, 0.1) is 20.3 Å². The number of hydrogen-bond acceptors (Lipinski definition) is 4. The van der Waals surface area contributed by atoms with Gasteiger partial charge in [0, 0.05) is 6.08 Å². The van der Waals surface area contributed by atoms with Gasteiger partial charge in [-0.05, 0) is 25.5 Å². The van der Waals surface area contributed by atoms with Crippen molar-refractivity contribution in [2.75, 3.05) is 20.3 Å². The highest BCUT2D eigenvalue weighted by atomic mass is 16.7. The van der Waals surface area contributed by atoms with Crippen molar-refractivity contribution < 1.29 is 19.0 Å². The van der Waals surface area contributed by atoms with Crippen molar-refractivity contribution in [1.29, 1.82) is 0 Å². The lowest BCUT2D eigenvalue weighted by atomic mass is 10.2. The SMILES string of the molecule is COC(=O)/C=C(C)/C=C/C1(C)OCCO1. The Morgan fingerprint density at radius 2 is 2.00 bits per heavy atom. The lowest BCUT2D eigenvalue weighted by molar-refractivity contribution is -0.134. The maximum Gasteiger partial charge on any atom is 0.330 e. The van der Waals surface area contributed by atoms with Crippen LogP contribution < -0.4 is 0 Å². The van der Waals surface area contributed by atoms with Crippen LogP contribution in [-0.2, 0) is 19.0 Å². The van der Waals surface area contributed by atoms with Crippen LogP contribution in [-0.4, -0.2) is 32.1 Å². The Kier molecular flexibility index (Phi) is 4.05. The van der Waals surface area contributed by atoms with Gasteiger partial charge in [-0.15, -0.1) is 0 Å². The number of methoxy groups -OCH3 is 1. The summed E-state index contributed by atoms with van der Waals surface area (Å²) in [7, 11) is 1.35. The van der Waals surface area contributed by atoms with E-state index >= 15 is 0 Å². The Morgan fingerprint density at radius 3 is 2.53 bits per heavy atom. The highest BCUT2D eigenvalue weighted by Gasteiger charge is 2.27. The molecule has 0 atom stereocenters. The third-order valence-corrected chi connectivity index (χ3v) is 2.06. The molecule has 0 spiro atoms. The molecule has 0 aromatic rings. The van der Waals surface area contributed by atoms with Crippen molar-refractivity contribution in [3.05, 3.63) is 23.8 Å². The molecule has 4 heteroatoms. The molecule has 1 aliphatic rings. The fourth-order valence-electron chi connectivity index (χ4n) is 1.20.